The Balaban J connectivity index is 0.000000655. The second-order valence-electron chi connectivity index (χ2n) is 8.78. The van der Waals surface area contributed by atoms with Crippen molar-refractivity contribution in [2.24, 2.45) is 0 Å². The molecule has 0 aliphatic rings. The number of halogens is 2. The predicted octanol–water partition coefficient (Wildman–Crippen LogP) is 10.9. The topological polar surface area (TPSA) is 0 Å². The van der Waals surface area contributed by atoms with Crippen molar-refractivity contribution in [1.82, 2.24) is 0 Å². The van der Waals surface area contributed by atoms with Crippen molar-refractivity contribution >= 4 is 54.0 Å². The van der Waals surface area contributed by atoms with Crippen molar-refractivity contribution in [3.8, 4) is 22.3 Å². The normalized spacial score (nSPS) is 9.32. The molecule has 0 saturated heterocycles. The average Bonchev–Trinajstić information content (AvgIpc) is 3.59. The Morgan fingerprint density at radius 2 is 0.875 bits per heavy atom. The van der Waals surface area contributed by atoms with Gasteiger partial charge in [0.05, 0.1) is 0 Å². The Bertz CT molecular complexity index is 1420. The van der Waals surface area contributed by atoms with Gasteiger partial charge in [-0.25, -0.2) is 0 Å². The van der Waals surface area contributed by atoms with E-state index >= 15 is 0 Å². The third-order valence-corrected chi connectivity index (χ3v) is 6.61. The number of benzene rings is 4. The van der Waals surface area contributed by atoms with Crippen LogP contribution >= 0.6 is 24.8 Å². The fourth-order valence-electron chi connectivity index (χ4n) is 4.74. The summed E-state index contributed by atoms with van der Waals surface area (Å²) in [4.78, 5) is 0. The van der Waals surface area contributed by atoms with Gasteiger partial charge in [0.15, 0.2) is 0 Å². The third-order valence-electron chi connectivity index (χ3n) is 6.61. The molecular formula is C36H38Cl2SiTi-4. The summed E-state index contributed by atoms with van der Waals surface area (Å²) in [5.74, 6) is 0. The van der Waals surface area contributed by atoms with Crippen molar-refractivity contribution in [3.05, 3.63) is 147 Å². The van der Waals surface area contributed by atoms with Crippen LogP contribution < -0.4 is 0 Å². The summed E-state index contributed by atoms with van der Waals surface area (Å²) < 4.78 is 0. The third kappa shape index (κ3) is 8.80. The fraction of sp³-hybridized carbons (Fsp3) is 0.111. The van der Waals surface area contributed by atoms with Crippen LogP contribution in [0.25, 0.3) is 43.8 Å². The van der Waals surface area contributed by atoms with Gasteiger partial charge in [0.1, 0.15) is 0 Å². The fourth-order valence-corrected chi connectivity index (χ4v) is 4.74. The van der Waals surface area contributed by atoms with Gasteiger partial charge in [-0.15, -0.1) is 93.9 Å². The molecule has 0 aliphatic heterocycles. The summed E-state index contributed by atoms with van der Waals surface area (Å²) in [6.07, 6.45) is 2.20. The summed E-state index contributed by atoms with van der Waals surface area (Å²) in [6, 6.07) is 43.5. The maximum absolute atomic E-state index is 2.97. The van der Waals surface area contributed by atoms with Crippen LogP contribution in [0.4, 0.5) is 0 Å². The maximum atomic E-state index is 2.97. The summed E-state index contributed by atoms with van der Waals surface area (Å²) in [7, 11) is 2.97. The molecule has 0 unspecified atom stereocenters. The van der Waals surface area contributed by atoms with Crippen LogP contribution in [-0.4, -0.2) is 7.63 Å². The first-order chi connectivity index (χ1) is 17.8. The molecule has 40 heavy (non-hydrogen) atoms. The average molecular weight is 618 g/mol. The molecule has 0 aromatic heterocycles. The van der Waals surface area contributed by atoms with Gasteiger partial charge in [0.25, 0.3) is 0 Å². The number of aryl methyl sites for hydroxylation is 2. The van der Waals surface area contributed by atoms with Crippen LogP contribution in [0.1, 0.15) is 25.0 Å². The molecule has 0 saturated carbocycles. The molecule has 208 valence electrons. The Hall–Kier alpha value is -2.39. The molecule has 6 rings (SSSR count). The molecule has 0 fully saturated rings. The second kappa shape index (κ2) is 18.9. The van der Waals surface area contributed by atoms with Crippen molar-refractivity contribution in [1.29, 1.82) is 0 Å². The zero-order valence-electron chi connectivity index (χ0n) is 23.8. The van der Waals surface area contributed by atoms with Crippen molar-refractivity contribution in [2.45, 2.75) is 26.7 Å². The van der Waals surface area contributed by atoms with Gasteiger partial charge < -0.3 is 14.9 Å². The van der Waals surface area contributed by atoms with Crippen molar-refractivity contribution in [3.63, 3.8) is 0 Å². The zero-order valence-corrected chi connectivity index (χ0v) is 28.0. The van der Waals surface area contributed by atoms with Gasteiger partial charge in [0, 0.05) is 0 Å². The van der Waals surface area contributed by atoms with E-state index in [0.717, 1.165) is 12.8 Å². The van der Waals surface area contributed by atoms with E-state index in [-0.39, 0.29) is 39.7 Å². The van der Waals surface area contributed by atoms with Crippen LogP contribution in [0, 0.1) is 14.9 Å². The minimum atomic E-state index is 0. The molecule has 0 aliphatic carbocycles. The Kier molecular flexibility index (Phi) is 17.7. The van der Waals surface area contributed by atoms with Gasteiger partial charge in [-0.3, -0.25) is 0 Å². The molecule has 0 heterocycles. The molecule has 0 N–H and O–H groups in total. The molecule has 0 amide bonds. The van der Waals surface area contributed by atoms with E-state index in [4.69, 9.17) is 0 Å². The van der Waals surface area contributed by atoms with Gasteiger partial charge in [-0.2, -0.15) is 12.1 Å². The van der Waals surface area contributed by atoms with E-state index < -0.39 is 0 Å². The van der Waals surface area contributed by atoms with Gasteiger partial charge in [-0.1, -0.05) is 97.8 Å². The van der Waals surface area contributed by atoms with Crippen LogP contribution in [-0.2, 0) is 32.0 Å². The van der Waals surface area contributed by atoms with Crippen LogP contribution in [0.2, 0.25) is 0 Å². The molecule has 6 aromatic rings. The Labute approximate surface area is 267 Å². The van der Waals surface area contributed by atoms with Gasteiger partial charge in [0.2, 0.25) is 0 Å². The SMILES string of the molecule is CCc1cc2c(-c3ccccc3)cccc2[cH-]1.CCc1cc2c(-c3ccccc3)cccc2[cH-]1.Cl.Cl.[CH3-].[CH3-].[Si]=[Ti]. The minimum absolute atomic E-state index is 0. The zero-order chi connectivity index (χ0) is 25.3. The molecule has 4 heteroatoms. The van der Waals surface area contributed by atoms with Crippen LogP contribution in [0.3, 0.4) is 0 Å². The molecule has 0 spiro atoms. The standard InChI is InChI=1S/2C17H15.2CH3.2ClH.Si.Ti/c2*1-2-13-11-15-9-6-10-16(17(15)12-13)14-7-4-3-5-8-14;;;;;;/h2*3-12H,2H2,1H3;2*1H3;2*1H;;/q4*-1;;;;. The molecule has 0 nitrogen and oxygen atoms in total. The van der Waals surface area contributed by atoms with Gasteiger partial charge in [-0.05, 0) is 24.0 Å². The monoisotopic (exact) mass is 616 g/mol. The molecular weight excluding hydrogens is 579 g/mol. The van der Waals surface area contributed by atoms with E-state index in [1.165, 1.54) is 54.9 Å². The van der Waals surface area contributed by atoms with Crippen molar-refractivity contribution < 1.29 is 19.2 Å². The van der Waals surface area contributed by atoms with Gasteiger partial charge >= 0.3 is 26.8 Å². The number of hydrogen-bond acceptors (Lipinski definition) is 0. The quantitative estimate of drug-likeness (QED) is 0.136. The Morgan fingerprint density at radius 1 is 0.525 bits per heavy atom. The van der Waals surface area contributed by atoms with E-state index in [2.05, 4.69) is 143 Å². The first-order valence-corrected chi connectivity index (χ1v) is 15.3. The number of fused-ring (bicyclic) bond motifs is 2. The summed E-state index contributed by atoms with van der Waals surface area (Å²) in [6.45, 7) is 4.41. The van der Waals surface area contributed by atoms with E-state index in [1.807, 2.05) is 0 Å². The van der Waals surface area contributed by atoms with E-state index in [0.29, 0.717) is 0 Å². The summed E-state index contributed by atoms with van der Waals surface area (Å²) in [5.41, 5.74) is 8.11. The molecule has 6 aromatic carbocycles. The summed E-state index contributed by atoms with van der Waals surface area (Å²) >= 11 is 1.81. The first-order valence-electron chi connectivity index (χ1n) is 12.5. The molecule has 0 atom stereocenters. The molecule has 0 bridgehead atoms. The van der Waals surface area contributed by atoms with Crippen LogP contribution in [0.15, 0.2) is 121 Å². The first kappa shape index (κ1) is 37.6. The predicted molar refractivity (Wildman–Crippen MR) is 182 cm³/mol. The Morgan fingerprint density at radius 3 is 1.20 bits per heavy atom. The van der Waals surface area contributed by atoms with Crippen LogP contribution in [0.5, 0.6) is 0 Å². The summed E-state index contributed by atoms with van der Waals surface area (Å²) in [5, 5.41) is 5.44. The number of hydrogen-bond donors (Lipinski definition) is 0. The molecule has 2 radical (unpaired) electrons. The van der Waals surface area contributed by atoms with Crippen molar-refractivity contribution in [2.75, 3.05) is 0 Å². The number of rotatable bonds is 4. The van der Waals surface area contributed by atoms with E-state index in [9.17, 15) is 0 Å². The second-order valence-corrected chi connectivity index (χ2v) is 8.78. The van der Waals surface area contributed by atoms with E-state index in [1.54, 1.807) is 19.2 Å².